The smallest absolute Gasteiger partial charge is 0.251 e. The van der Waals surface area contributed by atoms with Crippen LogP contribution >= 0.6 is 0 Å². The summed E-state index contributed by atoms with van der Waals surface area (Å²) in [5.41, 5.74) is 2.92. The van der Waals surface area contributed by atoms with E-state index >= 15 is 0 Å². The van der Waals surface area contributed by atoms with Gasteiger partial charge in [0.05, 0.1) is 5.75 Å². The standard InChI is InChI=1S/C18H28N2O3S/c1-4-5-12-24(22,23)20-10-8-17(9-11-20)19-18(21)16-7-6-14(2)15(3)13-16/h6-7,13,17H,4-5,8-12H2,1-3H3,(H,19,21). The van der Waals surface area contributed by atoms with Gasteiger partial charge >= 0.3 is 0 Å². The monoisotopic (exact) mass is 352 g/mol. The average molecular weight is 353 g/mol. The van der Waals surface area contributed by atoms with Crippen LogP contribution < -0.4 is 5.32 Å². The van der Waals surface area contributed by atoms with Crippen LogP contribution in [-0.4, -0.2) is 43.5 Å². The van der Waals surface area contributed by atoms with Crippen LogP contribution in [0.1, 0.15) is 54.1 Å². The second-order valence-corrected chi connectivity index (χ2v) is 8.70. The molecule has 1 aliphatic rings. The Hall–Kier alpha value is -1.40. The van der Waals surface area contributed by atoms with E-state index in [1.807, 2.05) is 39.0 Å². The summed E-state index contributed by atoms with van der Waals surface area (Å²) in [5, 5.41) is 3.04. The number of carbonyl (C=O) groups is 1. The van der Waals surface area contributed by atoms with Gasteiger partial charge in [0.2, 0.25) is 10.0 Å². The Balaban J connectivity index is 1.88. The van der Waals surface area contributed by atoms with Crippen LogP contribution in [0.3, 0.4) is 0 Å². The highest BCUT2D eigenvalue weighted by Crippen LogP contribution is 2.17. The van der Waals surface area contributed by atoms with E-state index in [0.29, 0.717) is 37.9 Å². The van der Waals surface area contributed by atoms with Gasteiger partial charge in [-0.3, -0.25) is 4.79 Å². The van der Waals surface area contributed by atoms with Gasteiger partial charge in [-0.2, -0.15) is 0 Å². The van der Waals surface area contributed by atoms with Gasteiger partial charge in [0.1, 0.15) is 0 Å². The summed E-state index contributed by atoms with van der Waals surface area (Å²) in [6.45, 7) is 6.98. The van der Waals surface area contributed by atoms with Gasteiger partial charge < -0.3 is 5.32 Å². The summed E-state index contributed by atoms with van der Waals surface area (Å²) in [4.78, 5) is 12.4. The molecule has 24 heavy (non-hydrogen) atoms. The first kappa shape index (κ1) is 18.9. The van der Waals surface area contributed by atoms with Gasteiger partial charge in [0.15, 0.2) is 0 Å². The van der Waals surface area contributed by atoms with Gasteiger partial charge in [-0.25, -0.2) is 12.7 Å². The van der Waals surface area contributed by atoms with Crippen molar-refractivity contribution in [1.29, 1.82) is 0 Å². The maximum absolute atomic E-state index is 12.4. The third-order valence-electron chi connectivity index (χ3n) is 4.71. The van der Waals surface area contributed by atoms with E-state index in [4.69, 9.17) is 0 Å². The van der Waals surface area contributed by atoms with Crippen molar-refractivity contribution in [2.75, 3.05) is 18.8 Å². The Morgan fingerprint density at radius 1 is 1.21 bits per heavy atom. The predicted octanol–water partition coefficient (Wildman–Crippen LogP) is 2.63. The number of nitrogens with zero attached hydrogens (tertiary/aromatic N) is 1. The molecule has 6 heteroatoms. The Kier molecular flexibility index (Phi) is 6.40. The van der Waals surface area contributed by atoms with E-state index in [1.165, 1.54) is 0 Å². The Morgan fingerprint density at radius 3 is 2.46 bits per heavy atom. The number of hydrogen-bond donors (Lipinski definition) is 1. The first-order chi connectivity index (χ1) is 11.3. The quantitative estimate of drug-likeness (QED) is 0.856. The average Bonchev–Trinajstić information content (AvgIpc) is 2.56. The molecule has 1 amide bonds. The summed E-state index contributed by atoms with van der Waals surface area (Å²) < 4.78 is 26.0. The molecule has 1 aromatic carbocycles. The number of hydrogen-bond acceptors (Lipinski definition) is 3. The molecule has 0 radical (unpaired) electrons. The number of benzene rings is 1. The van der Waals surface area contributed by atoms with Crippen LogP contribution in [0, 0.1) is 13.8 Å². The minimum atomic E-state index is -3.14. The molecule has 2 rings (SSSR count). The number of nitrogens with one attached hydrogen (secondary N) is 1. The molecule has 1 N–H and O–H groups in total. The van der Waals surface area contributed by atoms with Crippen LogP contribution in [0.4, 0.5) is 0 Å². The van der Waals surface area contributed by atoms with Crippen LogP contribution in [0.2, 0.25) is 0 Å². The highest BCUT2D eigenvalue weighted by Gasteiger charge is 2.28. The number of unbranched alkanes of at least 4 members (excludes halogenated alkanes) is 1. The molecule has 5 nitrogen and oxygen atoms in total. The van der Waals surface area contributed by atoms with Crippen molar-refractivity contribution in [3.63, 3.8) is 0 Å². The van der Waals surface area contributed by atoms with Gasteiger partial charge in [-0.15, -0.1) is 0 Å². The SMILES string of the molecule is CCCCS(=O)(=O)N1CCC(NC(=O)c2ccc(C)c(C)c2)CC1. The minimum absolute atomic E-state index is 0.0386. The van der Waals surface area contributed by atoms with Crippen molar-refractivity contribution in [1.82, 2.24) is 9.62 Å². The molecule has 0 aliphatic carbocycles. The highest BCUT2D eigenvalue weighted by atomic mass is 32.2. The lowest BCUT2D eigenvalue weighted by Crippen LogP contribution is -2.47. The van der Waals surface area contributed by atoms with Crippen LogP contribution in [0.5, 0.6) is 0 Å². The summed E-state index contributed by atoms with van der Waals surface area (Å²) in [5.74, 6) is 0.147. The highest BCUT2D eigenvalue weighted by molar-refractivity contribution is 7.89. The molecule has 0 unspecified atom stereocenters. The summed E-state index contributed by atoms with van der Waals surface area (Å²) in [6, 6.07) is 5.72. The zero-order valence-electron chi connectivity index (χ0n) is 14.8. The maximum atomic E-state index is 12.4. The van der Waals surface area contributed by atoms with E-state index in [1.54, 1.807) is 4.31 Å². The molecule has 1 aromatic rings. The lowest BCUT2D eigenvalue weighted by atomic mass is 10.0. The number of aryl methyl sites for hydroxylation is 2. The lowest BCUT2D eigenvalue weighted by Gasteiger charge is -2.31. The van der Waals surface area contributed by atoms with Crippen molar-refractivity contribution in [2.24, 2.45) is 0 Å². The van der Waals surface area contributed by atoms with Crippen LogP contribution in [0.25, 0.3) is 0 Å². The number of amides is 1. The van der Waals surface area contributed by atoms with E-state index < -0.39 is 10.0 Å². The van der Waals surface area contributed by atoms with Crippen LogP contribution in [-0.2, 0) is 10.0 Å². The van der Waals surface area contributed by atoms with Crippen molar-refractivity contribution in [2.45, 2.75) is 52.5 Å². The first-order valence-corrected chi connectivity index (χ1v) is 10.3. The second-order valence-electron chi connectivity index (χ2n) is 6.62. The third-order valence-corrected chi connectivity index (χ3v) is 6.66. The Labute approximate surface area is 145 Å². The molecule has 0 atom stereocenters. The third kappa shape index (κ3) is 4.80. The zero-order valence-corrected chi connectivity index (χ0v) is 15.7. The molecule has 1 aliphatic heterocycles. The van der Waals surface area contributed by atoms with Gasteiger partial charge in [0.25, 0.3) is 5.91 Å². The molecule has 0 bridgehead atoms. The summed E-state index contributed by atoms with van der Waals surface area (Å²) >= 11 is 0. The second kappa shape index (κ2) is 8.12. The van der Waals surface area contributed by atoms with Crippen molar-refractivity contribution >= 4 is 15.9 Å². The largest absolute Gasteiger partial charge is 0.349 e. The van der Waals surface area contributed by atoms with Crippen LogP contribution in [0.15, 0.2) is 18.2 Å². The molecule has 1 heterocycles. The molecule has 0 spiro atoms. The zero-order chi connectivity index (χ0) is 17.7. The minimum Gasteiger partial charge on any atom is -0.349 e. The maximum Gasteiger partial charge on any atom is 0.251 e. The van der Waals surface area contributed by atoms with Gasteiger partial charge in [0, 0.05) is 24.7 Å². The number of sulfonamides is 1. The van der Waals surface area contributed by atoms with E-state index in [2.05, 4.69) is 5.32 Å². The summed E-state index contributed by atoms with van der Waals surface area (Å²) in [6.07, 6.45) is 2.91. The van der Waals surface area contributed by atoms with E-state index in [-0.39, 0.29) is 17.7 Å². The Morgan fingerprint density at radius 2 is 1.88 bits per heavy atom. The first-order valence-electron chi connectivity index (χ1n) is 8.69. The molecular weight excluding hydrogens is 324 g/mol. The van der Waals surface area contributed by atoms with E-state index in [9.17, 15) is 13.2 Å². The molecule has 1 saturated heterocycles. The summed E-state index contributed by atoms with van der Waals surface area (Å²) in [7, 11) is -3.14. The number of rotatable bonds is 6. The fourth-order valence-corrected chi connectivity index (χ4v) is 4.56. The fraction of sp³-hybridized carbons (Fsp3) is 0.611. The molecular formula is C18H28N2O3S. The van der Waals surface area contributed by atoms with E-state index in [0.717, 1.165) is 17.5 Å². The van der Waals surface area contributed by atoms with Crippen molar-refractivity contribution in [3.05, 3.63) is 34.9 Å². The lowest BCUT2D eigenvalue weighted by molar-refractivity contribution is 0.0923. The topological polar surface area (TPSA) is 66.5 Å². The van der Waals surface area contributed by atoms with Crippen molar-refractivity contribution in [3.8, 4) is 0 Å². The van der Waals surface area contributed by atoms with Crippen molar-refractivity contribution < 1.29 is 13.2 Å². The van der Waals surface area contributed by atoms with Gasteiger partial charge in [-0.1, -0.05) is 19.4 Å². The number of piperidine rings is 1. The molecule has 1 fully saturated rings. The Bertz CT molecular complexity index is 678. The predicted molar refractivity (Wildman–Crippen MR) is 96.7 cm³/mol. The fourth-order valence-electron chi connectivity index (χ4n) is 2.89. The molecule has 0 aromatic heterocycles. The molecule has 0 saturated carbocycles. The molecule has 134 valence electrons. The normalized spacial score (nSPS) is 17.0. The number of carbonyl (C=O) groups excluding carboxylic acids is 1. The van der Waals surface area contributed by atoms with Gasteiger partial charge in [-0.05, 0) is 56.4 Å².